The quantitative estimate of drug-likeness (QED) is 0.134. The van der Waals surface area contributed by atoms with Crippen molar-refractivity contribution in [2.24, 2.45) is 0 Å². The summed E-state index contributed by atoms with van der Waals surface area (Å²) in [5.74, 6) is -0.510. The van der Waals surface area contributed by atoms with Gasteiger partial charge in [0.05, 0.1) is 14.2 Å². The maximum Gasteiger partial charge on any atom is 0.341 e. The van der Waals surface area contributed by atoms with E-state index in [0.717, 1.165) is 11.1 Å². The molecule has 0 aliphatic rings. The molecule has 0 saturated carbocycles. The summed E-state index contributed by atoms with van der Waals surface area (Å²) in [6.07, 6.45) is 0.423. The first-order valence-electron chi connectivity index (χ1n) is 12.6. The van der Waals surface area contributed by atoms with Crippen molar-refractivity contribution in [3.8, 4) is 22.3 Å². The van der Waals surface area contributed by atoms with Crippen LogP contribution in [0.1, 0.15) is 33.6 Å². The number of esters is 2. The molecule has 4 aromatic rings. The number of anilines is 2. The van der Waals surface area contributed by atoms with Crippen molar-refractivity contribution in [3.63, 3.8) is 0 Å². The molecule has 0 radical (unpaired) electrons. The van der Waals surface area contributed by atoms with E-state index in [1.165, 1.54) is 48.7 Å². The number of carbonyl (C=O) groups is 4. The fourth-order valence-corrected chi connectivity index (χ4v) is 6.79. The molecule has 2 N–H and O–H groups in total. The van der Waals surface area contributed by atoms with E-state index in [1.54, 1.807) is 0 Å². The Morgan fingerprint density at radius 1 is 0.659 bits per heavy atom. The second-order valence-corrected chi connectivity index (χ2v) is 11.6. The van der Waals surface area contributed by atoms with Gasteiger partial charge in [0.2, 0.25) is 11.8 Å². The summed E-state index contributed by atoms with van der Waals surface area (Å²) in [6.45, 7) is 0. The first kappa shape index (κ1) is 30.0. The Morgan fingerprint density at radius 3 is 1.41 bits per heavy atom. The monoisotopic (exact) mass is 608 g/mol. The van der Waals surface area contributed by atoms with Crippen molar-refractivity contribution in [2.45, 2.75) is 12.8 Å². The van der Waals surface area contributed by atoms with Crippen LogP contribution in [-0.2, 0) is 19.1 Å². The van der Waals surface area contributed by atoms with Crippen LogP contribution < -0.4 is 10.6 Å². The van der Waals surface area contributed by atoms with Crippen LogP contribution in [0.15, 0.2) is 71.4 Å². The average molecular weight is 609 g/mol. The Balaban J connectivity index is 1.27. The first-order valence-corrected chi connectivity index (χ1v) is 15.5. The number of rotatable bonds is 12. The molecule has 2 aromatic carbocycles. The number of benzene rings is 2. The summed E-state index contributed by atoms with van der Waals surface area (Å²) in [5, 5.41) is 10.2. The van der Waals surface area contributed by atoms with Crippen LogP contribution in [0.5, 0.6) is 0 Å². The van der Waals surface area contributed by atoms with Crippen LogP contribution in [0.3, 0.4) is 0 Å². The van der Waals surface area contributed by atoms with E-state index in [-0.39, 0.29) is 24.7 Å². The molecule has 11 heteroatoms. The van der Waals surface area contributed by atoms with E-state index in [2.05, 4.69) is 10.6 Å². The van der Waals surface area contributed by atoms with Crippen molar-refractivity contribution < 1.29 is 28.7 Å². The predicted molar refractivity (Wildman–Crippen MR) is 166 cm³/mol. The highest BCUT2D eigenvalue weighted by Crippen LogP contribution is 2.37. The fraction of sp³-hybridized carbons (Fsp3) is 0.200. The van der Waals surface area contributed by atoms with Crippen LogP contribution in [0.4, 0.5) is 10.0 Å². The van der Waals surface area contributed by atoms with Gasteiger partial charge in [0.1, 0.15) is 21.1 Å². The Kier molecular flexibility index (Phi) is 10.7. The maximum atomic E-state index is 12.6. The van der Waals surface area contributed by atoms with E-state index in [9.17, 15) is 19.2 Å². The third-order valence-electron chi connectivity index (χ3n) is 5.98. The van der Waals surface area contributed by atoms with Crippen molar-refractivity contribution in [1.82, 2.24) is 0 Å². The van der Waals surface area contributed by atoms with E-state index >= 15 is 0 Å². The van der Waals surface area contributed by atoms with Crippen LogP contribution in [0, 0.1) is 0 Å². The lowest BCUT2D eigenvalue weighted by Gasteiger charge is -2.08. The molecule has 0 aliphatic heterocycles. The number of hydrogen-bond acceptors (Lipinski definition) is 9. The Bertz CT molecular complexity index is 1400. The van der Waals surface area contributed by atoms with Crippen molar-refractivity contribution in [3.05, 3.63) is 82.6 Å². The van der Waals surface area contributed by atoms with Crippen LogP contribution in [0.25, 0.3) is 22.3 Å². The molecular weight excluding hydrogens is 581 g/mol. The number of thiophene rings is 2. The number of nitrogens with one attached hydrogen (secondary N) is 2. The Morgan fingerprint density at radius 2 is 1.05 bits per heavy atom. The van der Waals surface area contributed by atoms with Crippen molar-refractivity contribution in [1.29, 1.82) is 0 Å². The Labute approximate surface area is 250 Å². The minimum Gasteiger partial charge on any atom is -0.465 e. The molecule has 0 atom stereocenters. The molecule has 212 valence electrons. The highest BCUT2D eigenvalue weighted by molar-refractivity contribution is 7.99. The number of amides is 2. The second-order valence-electron chi connectivity index (χ2n) is 8.63. The average Bonchev–Trinajstić information content (AvgIpc) is 3.61. The normalized spacial score (nSPS) is 10.6. The van der Waals surface area contributed by atoms with Crippen molar-refractivity contribution >= 4 is 68.2 Å². The summed E-state index contributed by atoms with van der Waals surface area (Å²) in [5.41, 5.74) is 3.78. The maximum absolute atomic E-state index is 12.6. The first-order chi connectivity index (χ1) is 19.9. The van der Waals surface area contributed by atoms with Crippen molar-refractivity contribution in [2.75, 3.05) is 36.4 Å². The smallest absolute Gasteiger partial charge is 0.341 e. The topological polar surface area (TPSA) is 111 Å². The SMILES string of the molecule is COC(=O)c1c(-c2ccccc2)csc1NC(=O)CCSCCC(=O)Nc1scc(-c2ccccc2)c1C(=O)OC. The number of ether oxygens (including phenoxy) is 2. The molecule has 2 amide bonds. The van der Waals surface area contributed by atoms with E-state index < -0.39 is 11.9 Å². The highest BCUT2D eigenvalue weighted by atomic mass is 32.2. The van der Waals surface area contributed by atoms with Crippen LogP contribution in [0.2, 0.25) is 0 Å². The van der Waals surface area contributed by atoms with E-state index in [4.69, 9.17) is 9.47 Å². The van der Waals surface area contributed by atoms with Gasteiger partial charge in [-0.15, -0.1) is 22.7 Å². The highest BCUT2D eigenvalue weighted by Gasteiger charge is 2.23. The summed E-state index contributed by atoms with van der Waals surface area (Å²) in [7, 11) is 2.62. The second kappa shape index (κ2) is 14.6. The molecule has 0 saturated heterocycles. The molecule has 8 nitrogen and oxygen atoms in total. The van der Waals surface area contributed by atoms with Gasteiger partial charge in [0, 0.05) is 46.2 Å². The van der Waals surface area contributed by atoms with Gasteiger partial charge in [-0.2, -0.15) is 11.8 Å². The molecule has 2 aromatic heterocycles. The van der Waals surface area contributed by atoms with Gasteiger partial charge >= 0.3 is 11.9 Å². The lowest BCUT2D eigenvalue weighted by atomic mass is 10.0. The van der Waals surface area contributed by atoms with Gasteiger partial charge in [-0.3, -0.25) is 9.59 Å². The minimum absolute atomic E-state index is 0.212. The zero-order valence-corrected chi connectivity index (χ0v) is 24.9. The standard InChI is InChI=1S/C30H28N2O6S3/c1-37-29(35)25-21(19-9-5-3-6-10-19)17-40-27(25)31-23(33)13-15-39-16-14-24(34)32-28-26(30(36)38-2)22(18-41-28)20-11-7-4-8-12-20/h3-12,17-18H,13-16H2,1-2H3,(H,31,33)(H,32,34). The van der Waals surface area contributed by atoms with Gasteiger partial charge in [-0.25, -0.2) is 9.59 Å². The molecule has 0 bridgehead atoms. The number of hydrogen-bond donors (Lipinski definition) is 2. The molecular formula is C30H28N2O6S3. The molecule has 0 aliphatic carbocycles. The molecule has 41 heavy (non-hydrogen) atoms. The largest absolute Gasteiger partial charge is 0.465 e. The van der Waals surface area contributed by atoms with Crippen LogP contribution in [-0.4, -0.2) is 49.5 Å². The zero-order chi connectivity index (χ0) is 29.2. The molecule has 4 rings (SSSR count). The third kappa shape index (κ3) is 7.63. The summed E-state index contributed by atoms with van der Waals surface area (Å²) < 4.78 is 9.91. The van der Waals surface area contributed by atoms with E-state index in [0.29, 0.717) is 43.8 Å². The van der Waals surface area contributed by atoms with Gasteiger partial charge in [0.25, 0.3) is 0 Å². The van der Waals surface area contributed by atoms with Gasteiger partial charge in [-0.1, -0.05) is 60.7 Å². The summed E-state index contributed by atoms with van der Waals surface area (Å²) in [4.78, 5) is 50.2. The molecule has 2 heterocycles. The van der Waals surface area contributed by atoms with E-state index in [1.807, 2.05) is 71.4 Å². The number of carbonyl (C=O) groups excluding carboxylic acids is 4. The summed E-state index contributed by atoms with van der Waals surface area (Å²) in [6, 6.07) is 18.9. The molecule has 0 unspecified atom stereocenters. The summed E-state index contributed by atoms with van der Waals surface area (Å²) >= 11 is 4.01. The molecule has 0 spiro atoms. The third-order valence-corrected chi connectivity index (χ3v) is 8.76. The number of methoxy groups -OCH3 is 2. The number of thioether (sulfide) groups is 1. The predicted octanol–water partition coefficient (Wildman–Crippen LogP) is 6.81. The molecule has 0 fully saturated rings. The minimum atomic E-state index is -0.516. The lowest BCUT2D eigenvalue weighted by molar-refractivity contribution is -0.116. The fourth-order valence-electron chi connectivity index (χ4n) is 3.98. The van der Waals surface area contributed by atoms with Gasteiger partial charge in [-0.05, 0) is 11.1 Å². The van der Waals surface area contributed by atoms with Crippen LogP contribution >= 0.6 is 34.4 Å². The Hall–Kier alpha value is -3.93. The van der Waals surface area contributed by atoms with Gasteiger partial charge < -0.3 is 20.1 Å². The lowest BCUT2D eigenvalue weighted by Crippen LogP contribution is -2.16. The zero-order valence-electron chi connectivity index (χ0n) is 22.4. The van der Waals surface area contributed by atoms with Gasteiger partial charge in [0.15, 0.2) is 0 Å².